The first-order valence-electron chi connectivity index (χ1n) is 12.0. The summed E-state index contributed by atoms with van der Waals surface area (Å²) in [5.74, 6) is -0.371. The molecule has 0 aromatic heterocycles. The molecule has 178 valence electrons. The molecule has 0 spiro atoms. The molecule has 0 rings (SSSR count). The van der Waals surface area contributed by atoms with Crippen LogP contribution in [0.3, 0.4) is 0 Å². The molecule has 0 aliphatic rings. The fourth-order valence-electron chi connectivity index (χ4n) is 3.29. The minimum absolute atomic E-state index is 0.132. The van der Waals surface area contributed by atoms with Gasteiger partial charge >= 0.3 is 5.97 Å². The molecule has 0 aromatic rings. The average Bonchev–Trinajstić information content (AvgIpc) is 2.67. The summed E-state index contributed by atoms with van der Waals surface area (Å²) in [5.41, 5.74) is 0.269. The van der Waals surface area contributed by atoms with E-state index in [4.69, 9.17) is 9.47 Å². The van der Waals surface area contributed by atoms with Crippen molar-refractivity contribution >= 4 is 5.97 Å². The van der Waals surface area contributed by atoms with Gasteiger partial charge < -0.3 is 14.6 Å². The molecule has 1 atom stereocenters. The topological polar surface area (TPSA) is 59.0 Å². The Morgan fingerprint density at radius 2 is 1.50 bits per heavy atom. The van der Waals surface area contributed by atoms with Crippen LogP contribution in [0, 0.1) is 0 Å². The average molecular weight is 428 g/mol. The highest BCUT2D eigenvalue weighted by Gasteiger charge is 2.24. The van der Waals surface area contributed by atoms with Gasteiger partial charge in [0.2, 0.25) is 0 Å². The first-order valence-corrected chi connectivity index (χ1v) is 12.0. The lowest BCUT2D eigenvalue weighted by Gasteiger charge is -2.36. The van der Waals surface area contributed by atoms with Crippen LogP contribution in [0.4, 0.5) is 0 Å². The molecule has 5 heteroatoms. The van der Waals surface area contributed by atoms with Crippen molar-refractivity contribution < 1.29 is 19.4 Å². The molecule has 0 saturated carbocycles. The van der Waals surface area contributed by atoms with E-state index in [1.807, 2.05) is 0 Å². The van der Waals surface area contributed by atoms with Gasteiger partial charge in [-0.2, -0.15) is 0 Å². The lowest BCUT2D eigenvalue weighted by Crippen LogP contribution is -2.48. The summed E-state index contributed by atoms with van der Waals surface area (Å²) < 4.78 is 10.9. The Kier molecular flexibility index (Phi) is 17.2. The fourth-order valence-corrected chi connectivity index (χ4v) is 3.29. The Labute approximate surface area is 186 Å². The Morgan fingerprint density at radius 1 is 0.967 bits per heavy atom. The third-order valence-electron chi connectivity index (χ3n) is 5.28. The summed E-state index contributed by atoms with van der Waals surface area (Å²) in [4.78, 5) is 13.6. The Balaban J connectivity index is 3.82. The van der Waals surface area contributed by atoms with E-state index in [0.29, 0.717) is 31.9 Å². The number of carbonyl (C=O) groups is 1. The predicted molar refractivity (Wildman–Crippen MR) is 126 cm³/mol. The third kappa shape index (κ3) is 16.8. The number of aliphatic hydroxyl groups is 1. The normalized spacial score (nSPS) is 12.9. The second-order valence-electron chi connectivity index (χ2n) is 9.44. The highest BCUT2D eigenvalue weighted by molar-refractivity contribution is 5.86. The molecule has 30 heavy (non-hydrogen) atoms. The largest absolute Gasteiger partial charge is 0.461 e. The van der Waals surface area contributed by atoms with Gasteiger partial charge in [0.15, 0.2) is 0 Å². The van der Waals surface area contributed by atoms with Gasteiger partial charge in [-0.3, -0.25) is 4.90 Å². The number of β-amino-alcohol motifs (C(OH)–C–C–N with tert-alkyl or cyclic N) is 1. The Bertz CT molecular complexity index is 445. The van der Waals surface area contributed by atoms with E-state index in [9.17, 15) is 9.90 Å². The van der Waals surface area contributed by atoms with Gasteiger partial charge in [0.25, 0.3) is 0 Å². The molecule has 0 aliphatic carbocycles. The minimum Gasteiger partial charge on any atom is -0.461 e. The molecule has 0 bridgehead atoms. The zero-order valence-electron chi connectivity index (χ0n) is 20.5. The van der Waals surface area contributed by atoms with Crippen LogP contribution in [0.25, 0.3) is 0 Å². The number of hydrogen-bond donors (Lipinski definition) is 1. The highest BCUT2D eigenvalue weighted by Crippen LogP contribution is 2.14. The lowest BCUT2D eigenvalue weighted by atomic mass is 10.1. The van der Waals surface area contributed by atoms with Crippen LogP contribution in [0.15, 0.2) is 12.2 Å². The molecular formula is C25H49NO4. The van der Waals surface area contributed by atoms with Crippen LogP contribution < -0.4 is 0 Å². The van der Waals surface area contributed by atoms with Crippen molar-refractivity contribution in [1.29, 1.82) is 0 Å². The van der Waals surface area contributed by atoms with Crippen LogP contribution in [-0.4, -0.2) is 60.5 Å². The number of rotatable bonds is 19. The summed E-state index contributed by atoms with van der Waals surface area (Å²) in [7, 11) is 0. The summed E-state index contributed by atoms with van der Waals surface area (Å²) in [6.45, 7) is 16.1. The van der Waals surface area contributed by atoms with E-state index in [1.54, 1.807) is 6.92 Å². The van der Waals surface area contributed by atoms with Gasteiger partial charge in [-0.15, -0.1) is 0 Å². The summed E-state index contributed by atoms with van der Waals surface area (Å²) in [6, 6.07) is 0. The quantitative estimate of drug-likeness (QED) is 0.167. The van der Waals surface area contributed by atoms with Crippen molar-refractivity contribution in [2.45, 2.75) is 110 Å². The van der Waals surface area contributed by atoms with Crippen LogP contribution in [0.1, 0.15) is 98.8 Å². The maximum Gasteiger partial charge on any atom is 0.333 e. The molecule has 1 N–H and O–H groups in total. The monoisotopic (exact) mass is 427 g/mol. The zero-order valence-corrected chi connectivity index (χ0v) is 20.5. The first-order chi connectivity index (χ1) is 14.2. The van der Waals surface area contributed by atoms with E-state index in [2.05, 4.69) is 39.2 Å². The maximum absolute atomic E-state index is 11.5. The molecule has 0 saturated heterocycles. The zero-order chi connectivity index (χ0) is 22.8. The maximum atomic E-state index is 11.5. The number of hydrogen-bond acceptors (Lipinski definition) is 5. The van der Waals surface area contributed by atoms with Crippen molar-refractivity contribution in [3.8, 4) is 0 Å². The third-order valence-corrected chi connectivity index (χ3v) is 5.28. The van der Waals surface area contributed by atoms with Gasteiger partial charge in [0.1, 0.15) is 6.61 Å². The number of esters is 1. The van der Waals surface area contributed by atoms with E-state index in [1.165, 1.54) is 57.8 Å². The van der Waals surface area contributed by atoms with E-state index < -0.39 is 6.10 Å². The van der Waals surface area contributed by atoms with Gasteiger partial charge in [-0.05, 0) is 34.1 Å². The van der Waals surface area contributed by atoms with Crippen molar-refractivity contribution in [1.82, 2.24) is 4.90 Å². The first kappa shape index (κ1) is 29.1. The molecule has 1 unspecified atom stereocenters. The van der Waals surface area contributed by atoms with Crippen molar-refractivity contribution in [2.24, 2.45) is 0 Å². The Hall–Kier alpha value is -0.910. The van der Waals surface area contributed by atoms with Gasteiger partial charge in [-0.25, -0.2) is 4.79 Å². The van der Waals surface area contributed by atoms with Crippen molar-refractivity contribution in [3.63, 3.8) is 0 Å². The Morgan fingerprint density at radius 3 is 2.00 bits per heavy atom. The fraction of sp³-hybridized carbons (Fsp3) is 0.880. The number of carbonyl (C=O) groups excluding carboxylic acids is 1. The molecule has 0 fully saturated rings. The molecule has 0 amide bonds. The van der Waals surface area contributed by atoms with Gasteiger partial charge in [-0.1, -0.05) is 71.3 Å². The number of unbranched alkanes of at least 4 members (excludes halogenated alkanes) is 9. The second-order valence-corrected chi connectivity index (χ2v) is 9.44. The number of ether oxygens (including phenoxy) is 2. The molecule has 0 radical (unpaired) electrons. The van der Waals surface area contributed by atoms with Gasteiger partial charge in [0, 0.05) is 30.8 Å². The molecular weight excluding hydrogens is 378 g/mol. The second kappa shape index (κ2) is 17.7. The van der Waals surface area contributed by atoms with Crippen LogP contribution in [-0.2, 0) is 14.3 Å². The van der Waals surface area contributed by atoms with Crippen molar-refractivity contribution in [3.05, 3.63) is 12.2 Å². The van der Waals surface area contributed by atoms with Gasteiger partial charge in [0.05, 0.1) is 12.7 Å². The lowest BCUT2D eigenvalue weighted by molar-refractivity contribution is -0.139. The molecule has 0 heterocycles. The molecule has 0 aromatic carbocycles. The predicted octanol–water partition coefficient (Wildman–Crippen LogP) is 5.50. The number of nitrogens with zero attached hydrogens (tertiary/aromatic N) is 1. The van der Waals surface area contributed by atoms with Crippen LogP contribution >= 0.6 is 0 Å². The van der Waals surface area contributed by atoms with E-state index in [-0.39, 0.29) is 18.1 Å². The summed E-state index contributed by atoms with van der Waals surface area (Å²) in [6.07, 6.45) is 12.5. The van der Waals surface area contributed by atoms with Crippen LogP contribution in [0.2, 0.25) is 0 Å². The van der Waals surface area contributed by atoms with E-state index in [0.717, 1.165) is 6.42 Å². The standard InChI is InChI=1S/C25H49NO4/c1-7-8-9-10-11-12-13-14-15-16-18-29-21-23(27)20-26(25(4,5)6)17-19-30-24(28)22(2)3/h23,27H,2,7-21H2,1,3-6H3. The minimum atomic E-state index is -0.552. The molecule has 0 aliphatic heterocycles. The van der Waals surface area contributed by atoms with E-state index >= 15 is 0 Å². The molecule has 5 nitrogen and oxygen atoms in total. The van der Waals surface area contributed by atoms with Crippen molar-refractivity contribution in [2.75, 3.05) is 32.9 Å². The smallest absolute Gasteiger partial charge is 0.333 e. The highest BCUT2D eigenvalue weighted by atomic mass is 16.5. The summed E-state index contributed by atoms with van der Waals surface area (Å²) in [5, 5.41) is 10.4. The van der Waals surface area contributed by atoms with Crippen LogP contribution in [0.5, 0.6) is 0 Å². The SMILES string of the molecule is C=C(C)C(=O)OCCN(CC(O)COCCCCCCCCCCCC)C(C)(C)C. The number of aliphatic hydroxyl groups excluding tert-OH is 1. The summed E-state index contributed by atoms with van der Waals surface area (Å²) >= 11 is 0.